The van der Waals surface area contributed by atoms with Gasteiger partial charge in [-0.15, -0.1) is 0 Å². The summed E-state index contributed by atoms with van der Waals surface area (Å²) in [6.45, 7) is 5.51. The van der Waals surface area contributed by atoms with Crippen LogP contribution < -0.4 is 5.32 Å². The van der Waals surface area contributed by atoms with Crippen molar-refractivity contribution in [2.24, 2.45) is 13.0 Å². The number of nitrogens with zero attached hydrogens (tertiary/aromatic N) is 3. The van der Waals surface area contributed by atoms with Gasteiger partial charge in [-0.2, -0.15) is 0 Å². The Morgan fingerprint density at radius 2 is 2.31 bits per heavy atom. The molecule has 4 heteroatoms. The molecule has 0 radical (unpaired) electrons. The second-order valence-electron chi connectivity index (χ2n) is 4.71. The van der Waals surface area contributed by atoms with E-state index in [9.17, 15) is 0 Å². The van der Waals surface area contributed by atoms with Crippen LogP contribution in [-0.4, -0.2) is 41.1 Å². The number of aryl methyl sites for hydroxylation is 1. The van der Waals surface area contributed by atoms with Gasteiger partial charge < -0.3 is 9.88 Å². The number of imidazole rings is 1. The van der Waals surface area contributed by atoms with Gasteiger partial charge in [-0.1, -0.05) is 6.92 Å². The quantitative estimate of drug-likeness (QED) is 0.826. The van der Waals surface area contributed by atoms with Crippen LogP contribution in [-0.2, 0) is 7.05 Å². The van der Waals surface area contributed by atoms with Crippen LogP contribution in [0.4, 0.5) is 0 Å². The molecular formula is C12H22N4. The molecule has 4 nitrogen and oxygen atoms in total. The van der Waals surface area contributed by atoms with Crippen LogP contribution in [0, 0.1) is 5.92 Å². The van der Waals surface area contributed by atoms with Crippen LogP contribution >= 0.6 is 0 Å². The van der Waals surface area contributed by atoms with E-state index < -0.39 is 0 Å². The average Bonchev–Trinajstić information content (AvgIpc) is 2.82. The summed E-state index contributed by atoms with van der Waals surface area (Å²) in [7, 11) is 4.29. The molecule has 2 atom stereocenters. The van der Waals surface area contributed by atoms with Crippen molar-refractivity contribution in [1.82, 2.24) is 19.8 Å². The second kappa shape index (κ2) is 4.97. The summed E-state index contributed by atoms with van der Waals surface area (Å²) in [5.74, 6) is 0.709. The fourth-order valence-corrected chi connectivity index (χ4v) is 2.69. The highest BCUT2D eigenvalue weighted by atomic mass is 15.2. The molecule has 1 fully saturated rings. The number of nitrogens with one attached hydrogen (secondary N) is 1. The van der Waals surface area contributed by atoms with Gasteiger partial charge in [0.05, 0.1) is 18.1 Å². The van der Waals surface area contributed by atoms with Gasteiger partial charge in [0.2, 0.25) is 0 Å². The number of aromatic nitrogens is 2. The molecule has 0 aromatic carbocycles. The number of hydrogen-bond acceptors (Lipinski definition) is 3. The minimum atomic E-state index is 0.520. The van der Waals surface area contributed by atoms with E-state index in [0.29, 0.717) is 12.0 Å². The molecule has 2 unspecified atom stereocenters. The van der Waals surface area contributed by atoms with Gasteiger partial charge in [0.1, 0.15) is 0 Å². The van der Waals surface area contributed by atoms with Crippen molar-refractivity contribution in [3.8, 4) is 0 Å². The van der Waals surface area contributed by atoms with E-state index in [1.165, 1.54) is 18.7 Å². The Labute approximate surface area is 97.7 Å². The van der Waals surface area contributed by atoms with Crippen LogP contribution in [0.1, 0.15) is 25.1 Å². The summed E-state index contributed by atoms with van der Waals surface area (Å²) in [6, 6.07) is 0.520. The first kappa shape index (κ1) is 11.6. The smallest absolute Gasteiger partial charge is 0.0946 e. The van der Waals surface area contributed by atoms with E-state index in [1.54, 1.807) is 0 Å². The zero-order chi connectivity index (χ0) is 11.5. The average molecular weight is 222 g/mol. The Morgan fingerprint density at radius 1 is 1.50 bits per heavy atom. The predicted molar refractivity (Wildman–Crippen MR) is 65.2 cm³/mol. The van der Waals surface area contributed by atoms with Crippen LogP contribution in [0.3, 0.4) is 0 Å². The van der Waals surface area contributed by atoms with Gasteiger partial charge >= 0.3 is 0 Å². The number of rotatable bonds is 4. The molecule has 1 aromatic rings. The molecule has 1 saturated heterocycles. The van der Waals surface area contributed by atoms with Gasteiger partial charge in [0.15, 0.2) is 0 Å². The second-order valence-corrected chi connectivity index (χ2v) is 4.71. The van der Waals surface area contributed by atoms with Crippen molar-refractivity contribution >= 4 is 0 Å². The van der Waals surface area contributed by atoms with Gasteiger partial charge in [-0.05, 0) is 39.0 Å². The Balaban J connectivity index is 2.13. The summed E-state index contributed by atoms with van der Waals surface area (Å²) in [4.78, 5) is 6.67. The van der Waals surface area contributed by atoms with E-state index in [4.69, 9.17) is 0 Å². The first-order valence-electron chi connectivity index (χ1n) is 6.11. The predicted octanol–water partition coefficient (Wildman–Crippen LogP) is 1.02. The normalized spacial score (nSPS) is 26.4. The van der Waals surface area contributed by atoms with Gasteiger partial charge in [0, 0.05) is 13.2 Å². The molecule has 0 saturated carbocycles. The fourth-order valence-electron chi connectivity index (χ4n) is 2.69. The third-order valence-corrected chi connectivity index (χ3v) is 3.59. The maximum atomic E-state index is 4.23. The molecule has 0 spiro atoms. The molecule has 1 N–H and O–H groups in total. The molecule has 0 bridgehead atoms. The lowest BCUT2D eigenvalue weighted by Gasteiger charge is -2.25. The van der Waals surface area contributed by atoms with Crippen molar-refractivity contribution < 1.29 is 0 Å². The molecule has 1 aromatic heterocycles. The van der Waals surface area contributed by atoms with Gasteiger partial charge in [-0.25, -0.2) is 4.98 Å². The lowest BCUT2D eigenvalue weighted by molar-refractivity contribution is 0.262. The molecule has 16 heavy (non-hydrogen) atoms. The fraction of sp³-hybridized carbons (Fsp3) is 0.750. The molecule has 90 valence electrons. The summed E-state index contributed by atoms with van der Waals surface area (Å²) >= 11 is 0. The third kappa shape index (κ3) is 2.13. The number of hydrogen-bond donors (Lipinski definition) is 1. The van der Waals surface area contributed by atoms with Gasteiger partial charge in [0.25, 0.3) is 0 Å². The monoisotopic (exact) mass is 222 g/mol. The first-order chi connectivity index (χ1) is 7.74. The van der Waals surface area contributed by atoms with Gasteiger partial charge in [-0.3, -0.25) is 4.90 Å². The minimum Gasteiger partial charge on any atom is -0.336 e. The summed E-state index contributed by atoms with van der Waals surface area (Å²) < 4.78 is 2.14. The molecule has 1 aliphatic heterocycles. The third-order valence-electron chi connectivity index (χ3n) is 3.59. The molecular weight excluding hydrogens is 200 g/mol. The van der Waals surface area contributed by atoms with E-state index >= 15 is 0 Å². The largest absolute Gasteiger partial charge is 0.336 e. The van der Waals surface area contributed by atoms with Crippen LogP contribution in [0.5, 0.6) is 0 Å². The molecule has 0 amide bonds. The topological polar surface area (TPSA) is 33.1 Å². The lowest BCUT2D eigenvalue weighted by atomic mass is 9.98. The molecule has 2 rings (SSSR count). The number of likely N-dealkylation sites (tertiary alicyclic amines) is 1. The summed E-state index contributed by atoms with van der Waals surface area (Å²) in [6.07, 6.45) is 5.18. The molecule has 1 aliphatic rings. The van der Waals surface area contributed by atoms with Crippen molar-refractivity contribution in [2.75, 3.05) is 26.7 Å². The zero-order valence-electron chi connectivity index (χ0n) is 10.5. The van der Waals surface area contributed by atoms with Crippen LogP contribution in [0.2, 0.25) is 0 Å². The van der Waals surface area contributed by atoms with Crippen molar-refractivity contribution in [2.45, 2.75) is 19.4 Å². The van der Waals surface area contributed by atoms with Crippen molar-refractivity contribution in [3.05, 3.63) is 18.2 Å². The van der Waals surface area contributed by atoms with E-state index in [2.05, 4.69) is 40.8 Å². The summed E-state index contributed by atoms with van der Waals surface area (Å²) in [5.41, 5.74) is 1.34. The Kier molecular flexibility index (Phi) is 3.61. The Morgan fingerprint density at radius 3 is 2.94 bits per heavy atom. The Bertz CT molecular complexity index is 334. The zero-order valence-corrected chi connectivity index (χ0v) is 10.5. The SMILES string of the molecule is CCNCC1CCN(C)C1c1cncn1C. The van der Waals surface area contributed by atoms with Crippen molar-refractivity contribution in [1.29, 1.82) is 0 Å². The molecule has 0 aliphatic carbocycles. The Hall–Kier alpha value is -0.870. The highest BCUT2D eigenvalue weighted by Gasteiger charge is 2.34. The highest BCUT2D eigenvalue weighted by molar-refractivity contribution is 5.09. The first-order valence-corrected chi connectivity index (χ1v) is 6.11. The summed E-state index contributed by atoms with van der Waals surface area (Å²) in [5, 5.41) is 3.47. The van der Waals surface area contributed by atoms with Crippen LogP contribution in [0.25, 0.3) is 0 Å². The van der Waals surface area contributed by atoms with Crippen LogP contribution in [0.15, 0.2) is 12.5 Å². The lowest BCUT2D eigenvalue weighted by Crippen LogP contribution is -2.29. The van der Waals surface area contributed by atoms with E-state index in [0.717, 1.165) is 13.1 Å². The standard InChI is InChI=1S/C12H22N4/c1-4-13-7-10-5-6-15(2)12(10)11-8-14-9-16(11)3/h8-10,12-13H,4-7H2,1-3H3. The van der Waals surface area contributed by atoms with Crippen molar-refractivity contribution in [3.63, 3.8) is 0 Å². The minimum absolute atomic E-state index is 0.520. The van der Waals surface area contributed by atoms with E-state index in [1.807, 2.05) is 12.5 Å². The maximum absolute atomic E-state index is 4.23. The molecule has 2 heterocycles. The maximum Gasteiger partial charge on any atom is 0.0946 e. The van der Waals surface area contributed by atoms with E-state index in [-0.39, 0.29) is 0 Å². The highest BCUT2D eigenvalue weighted by Crippen LogP contribution is 2.35.